The molecule has 4 aliphatic rings. The van der Waals surface area contributed by atoms with Gasteiger partial charge in [-0.3, -0.25) is 0 Å². The van der Waals surface area contributed by atoms with Crippen molar-refractivity contribution in [3.63, 3.8) is 0 Å². The quantitative estimate of drug-likeness (QED) is 0.137. The van der Waals surface area contributed by atoms with Crippen LogP contribution in [0.2, 0.25) is 0 Å². The maximum atomic E-state index is 10.4. The van der Waals surface area contributed by atoms with Crippen LogP contribution in [0.5, 0.6) is 23.0 Å². The smallest absolute Gasteiger partial charge is 0.229 e. The fourth-order valence-corrected chi connectivity index (χ4v) is 6.73. The monoisotopic (exact) mass is 682 g/mol. The number of aliphatic hydroxyl groups is 8. The second-order valence-electron chi connectivity index (χ2n) is 12.3. The van der Waals surface area contributed by atoms with Gasteiger partial charge in [0.1, 0.15) is 48.8 Å². The SMILES string of the molecule is COc1cc([C@H]2OC[C@@H]3[C@@H]2CO[C@H]3c2ccc(O[C@@H]3O[C@H](CO)[C@@H](O)[C@H](O)[C@H]3O)c(OC)c2)ccc1O[C@@H]1O[C@H](CO)[C@@H](O)[C@H](O)[C@H]1O. The van der Waals surface area contributed by atoms with Crippen molar-refractivity contribution in [1.29, 1.82) is 0 Å². The second-order valence-corrected chi connectivity index (χ2v) is 12.3. The van der Waals surface area contributed by atoms with E-state index in [1.807, 2.05) is 0 Å². The molecule has 0 saturated carbocycles. The van der Waals surface area contributed by atoms with Gasteiger partial charge in [-0.05, 0) is 35.4 Å². The van der Waals surface area contributed by atoms with Crippen LogP contribution in [0.25, 0.3) is 0 Å². The molecule has 16 heteroatoms. The molecule has 0 unspecified atom stereocenters. The molecule has 0 spiro atoms. The summed E-state index contributed by atoms with van der Waals surface area (Å²) in [5.74, 6) is 0.997. The number of rotatable bonds is 10. The van der Waals surface area contributed by atoms with Crippen molar-refractivity contribution in [2.75, 3.05) is 40.6 Å². The van der Waals surface area contributed by atoms with Crippen molar-refractivity contribution in [3.05, 3.63) is 47.5 Å². The molecule has 6 rings (SSSR count). The molecule has 4 fully saturated rings. The van der Waals surface area contributed by atoms with Gasteiger partial charge in [-0.15, -0.1) is 0 Å². The van der Waals surface area contributed by atoms with Crippen LogP contribution in [-0.2, 0) is 18.9 Å². The number of fused-ring (bicyclic) bond motifs is 1. The van der Waals surface area contributed by atoms with E-state index in [1.54, 1.807) is 36.4 Å². The van der Waals surface area contributed by atoms with Gasteiger partial charge in [0.25, 0.3) is 0 Å². The van der Waals surface area contributed by atoms with E-state index in [9.17, 15) is 40.9 Å². The highest BCUT2D eigenvalue weighted by atomic mass is 16.7. The summed E-state index contributed by atoms with van der Waals surface area (Å²) >= 11 is 0. The molecule has 16 nitrogen and oxygen atoms in total. The third kappa shape index (κ3) is 6.44. The van der Waals surface area contributed by atoms with Crippen LogP contribution >= 0.6 is 0 Å². The lowest BCUT2D eigenvalue weighted by atomic mass is 9.85. The van der Waals surface area contributed by atoms with Gasteiger partial charge in [-0.2, -0.15) is 0 Å². The number of benzene rings is 2. The molecule has 4 heterocycles. The van der Waals surface area contributed by atoms with Crippen LogP contribution < -0.4 is 18.9 Å². The van der Waals surface area contributed by atoms with Crippen LogP contribution in [-0.4, -0.2) is 143 Å². The molecule has 8 N–H and O–H groups in total. The Labute approximate surface area is 275 Å². The number of hydrogen-bond donors (Lipinski definition) is 8. The molecule has 48 heavy (non-hydrogen) atoms. The summed E-state index contributed by atoms with van der Waals surface area (Å²) in [5.41, 5.74) is 1.59. The lowest BCUT2D eigenvalue weighted by Gasteiger charge is -2.39. The molecule has 0 bridgehead atoms. The summed E-state index contributed by atoms with van der Waals surface area (Å²) < 4.78 is 46.1. The van der Waals surface area contributed by atoms with Crippen LogP contribution in [0.3, 0.4) is 0 Å². The Balaban J connectivity index is 1.14. The van der Waals surface area contributed by atoms with Crippen molar-refractivity contribution < 1.29 is 78.7 Å². The zero-order valence-corrected chi connectivity index (χ0v) is 26.2. The topological polar surface area (TPSA) is 236 Å². The lowest BCUT2D eigenvalue weighted by molar-refractivity contribution is -0.277. The highest BCUT2D eigenvalue weighted by Gasteiger charge is 2.49. The maximum Gasteiger partial charge on any atom is 0.229 e. The van der Waals surface area contributed by atoms with Crippen LogP contribution in [0.15, 0.2) is 36.4 Å². The molecule has 14 atom stereocenters. The molecule has 0 amide bonds. The van der Waals surface area contributed by atoms with Crippen molar-refractivity contribution in [2.24, 2.45) is 11.8 Å². The Morgan fingerprint density at radius 2 is 0.958 bits per heavy atom. The van der Waals surface area contributed by atoms with E-state index in [2.05, 4.69) is 0 Å². The van der Waals surface area contributed by atoms with Crippen LogP contribution in [0, 0.1) is 11.8 Å². The molecule has 0 radical (unpaired) electrons. The van der Waals surface area contributed by atoms with Gasteiger partial charge in [0.2, 0.25) is 12.6 Å². The Hall–Kier alpha value is -2.84. The largest absolute Gasteiger partial charge is 0.493 e. The highest BCUT2D eigenvalue weighted by Crippen LogP contribution is 2.52. The molecule has 0 aliphatic carbocycles. The highest BCUT2D eigenvalue weighted by molar-refractivity contribution is 5.46. The van der Waals surface area contributed by atoms with Crippen LogP contribution in [0.4, 0.5) is 0 Å². The number of methoxy groups -OCH3 is 2. The van der Waals surface area contributed by atoms with Crippen molar-refractivity contribution in [1.82, 2.24) is 0 Å². The summed E-state index contributed by atoms with van der Waals surface area (Å²) in [5, 5.41) is 80.1. The molecular weight excluding hydrogens is 640 g/mol. The summed E-state index contributed by atoms with van der Waals surface area (Å²) in [4.78, 5) is 0. The minimum absolute atomic E-state index is 0.0204. The average molecular weight is 683 g/mol. The Morgan fingerprint density at radius 3 is 1.31 bits per heavy atom. The predicted molar refractivity (Wildman–Crippen MR) is 159 cm³/mol. The zero-order valence-electron chi connectivity index (χ0n) is 26.2. The van der Waals surface area contributed by atoms with E-state index >= 15 is 0 Å². The number of aliphatic hydroxyl groups excluding tert-OH is 8. The minimum atomic E-state index is -1.59. The molecule has 0 aromatic heterocycles. The molecule has 4 aliphatic heterocycles. The molecular formula is C32H42O16. The van der Waals surface area contributed by atoms with Crippen molar-refractivity contribution in [2.45, 2.75) is 73.6 Å². The fourth-order valence-electron chi connectivity index (χ4n) is 6.73. The Morgan fingerprint density at radius 1 is 0.562 bits per heavy atom. The standard InChI is InChI=1S/C32H42O16/c1-41-19-7-13(3-5-17(19)45-31-27(39)25(37)23(35)21(9-33)47-31)29-15-11-44-30(16(15)12-43-29)14-4-6-18(20(8-14)42-2)46-32-28(40)26(38)24(36)22(10-34)48-32/h3-8,15-16,21-40H,9-12H2,1-2H3/t15-,16+,21-,22-,23-,24-,25+,26+,27-,28-,29+,30-,31-,32-/m1/s1. The van der Waals surface area contributed by atoms with Gasteiger partial charge in [0, 0.05) is 11.8 Å². The Kier molecular flexibility index (Phi) is 10.6. The summed E-state index contributed by atoms with van der Waals surface area (Å²) in [6.07, 6.45) is -15.0. The third-order valence-electron chi connectivity index (χ3n) is 9.48. The first-order chi connectivity index (χ1) is 23.1. The van der Waals surface area contributed by atoms with Gasteiger partial charge >= 0.3 is 0 Å². The molecule has 4 saturated heterocycles. The Bertz CT molecular complexity index is 1290. The first kappa shape index (κ1) is 35.0. The second kappa shape index (κ2) is 14.6. The first-order valence-electron chi connectivity index (χ1n) is 15.6. The van der Waals surface area contributed by atoms with E-state index in [0.717, 1.165) is 11.1 Å². The van der Waals surface area contributed by atoms with E-state index in [-0.39, 0.29) is 35.5 Å². The average Bonchev–Trinajstić information content (AvgIpc) is 3.72. The van der Waals surface area contributed by atoms with Gasteiger partial charge in [-0.1, -0.05) is 12.1 Å². The number of ether oxygens (including phenoxy) is 8. The summed E-state index contributed by atoms with van der Waals surface area (Å²) in [7, 11) is 2.90. The van der Waals surface area contributed by atoms with Gasteiger partial charge < -0.3 is 78.7 Å². The van der Waals surface area contributed by atoms with Crippen molar-refractivity contribution >= 4 is 0 Å². The van der Waals surface area contributed by atoms with Crippen LogP contribution in [0.1, 0.15) is 23.3 Å². The molecule has 2 aromatic carbocycles. The van der Waals surface area contributed by atoms with Crippen molar-refractivity contribution in [3.8, 4) is 23.0 Å². The maximum absolute atomic E-state index is 10.4. The van der Waals surface area contributed by atoms with E-state index in [0.29, 0.717) is 24.7 Å². The van der Waals surface area contributed by atoms with Gasteiger partial charge in [-0.25, -0.2) is 0 Å². The predicted octanol–water partition coefficient (Wildman–Crippen LogP) is -1.86. The minimum Gasteiger partial charge on any atom is -0.493 e. The first-order valence-corrected chi connectivity index (χ1v) is 15.6. The summed E-state index contributed by atoms with van der Waals surface area (Å²) in [6, 6.07) is 10.3. The van der Waals surface area contributed by atoms with Gasteiger partial charge in [0.15, 0.2) is 23.0 Å². The fraction of sp³-hybridized carbons (Fsp3) is 0.625. The lowest BCUT2D eigenvalue weighted by Crippen LogP contribution is -2.60. The molecule has 2 aromatic rings. The van der Waals surface area contributed by atoms with E-state index < -0.39 is 74.6 Å². The normalized spacial score (nSPS) is 39.5. The van der Waals surface area contributed by atoms with E-state index in [1.165, 1.54) is 14.2 Å². The van der Waals surface area contributed by atoms with Gasteiger partial charge in [0.05, 0.1) is 52.9 Å². The number of hydrogen-bond acceptors (Lipinski definition) is 16. The third-order valence-corrected chi connectivity index (χ3v) is 9.48. The molecule has 266 valence electrons. The summed E-state index contributed by atoms with van der Waals surface area (Å²) in [6.45, 7) is -0.371. The zero-order chi connectivity index (χ0) is 34.3. The van der Waals surface area contributed by atoms with E-state index in [4.69, 9.17) is 37.9 Å².